The molecular formula is C8H7BK2O2. The number of benzene rings is 1. The molecule has 0 aliphatic rings. The molecule has 1 aromatic rings. The first kappa shape index (κ1) is 17.6. The monoisotopic (exact) mass is 224 g/mol. The van der Waals surface area contributed by atoms with Crippen molar-refractivity contribution in [2.24, 2.45) is 0 Å². The normalized spacial score (nSPS) is 7.85. The quantitative estimate of drug-likeness (QED) is 0.469. The topological polar surface area (TPSA) is 46.1 Å². The van der Waals surface area contributed by atoms with Gasteiger partial charge >= 0.3 is 103 Å². The molecule has 0 radical (unpaired) electrons. The summed E-state index contributed by atoms with van der Waals surface area (Å²) in [6.45, 7) is 3.50. The zero-order valence-corrected chi connectivity index (χ0v) is 14.2. The van der Waals surface area contributed by atoms with E-state index in [-0.39, 0.29) is 108 Å². The fourth-order valence-corrected chi connectivity index (χ4v) is 0.911. The molecule has 0 aliphatic carbocycles. The van der Waals surface area contributed by atoms with Gasteiger partial charge in [-0.3, -0.25) is 0 Å². The molecular weight excluding hydrogens is 217 g/mol. The Morgan fingerprint density at radius 2 is 1.69 bits per heavy atom. The van der Waals surface area contributed by atoms with Crippen molar-refractivity contribution < 1.29 is 113 Å². The first-order chi connectivity index (χ1) is 5.25. The second kappa shape index (κ2) is 9.44. The molecule has 0 fully saturated rings. The van der Waals surface area contributed by atoms with E-state index >= 15 is 0 Å². The van der Waals surface area contributed by atoms with Crippen molar-refractivity contribution >= 4 is 18.7 Å². The molecule has 0 N–H and O–H groups in total. The van der Waals surface area contributed by atoms with Gasteiger partial charge in [0, 0.05) is 0 Å². The Hall–Kier alpha value is 2.22. The third-order valence-corrected chi connectivity index (χ3v) is 1.47. The van der Waals surface area contributed by atoms with Crippen molar-refractivity contribution in [2.45, 2.75) is 0 Å². The summed E-state index contributed by atoms with van der Waals surface area (Å²) in [6, 6.07) is 6.67. The van der Waals surface area contributed by atoms with Crippen LogP contribution in [0.4, 0.5) is 0 Å². The van der Waals surface area contributed by atoms with E-state index in [1.807, 2.05) is 0 Å². The standard InChI is InChI=1S/C8H7BO2.2K/c1-2-7-5-3-4-6-8(7)9(10)11;;/h2-6H,1H2;;/q-2;2*+1. The Bertz CT molecular complexity index is 266. The molecule has 2 nitrogen and oxygen atoms in total. The minimum atomic E-state index is -1.91. The van der Waals surface area contributed by atoms with Crippen LogP contribution in [-0.2, 0) is 0 Å². The zero-order chi connectivity index (χ0) is 8.27. The van der Waals surface area contributed by atoms with E-state index in [1.165, 1.54) is 12.1 Å². The summed E-state index contributed by atoms with van der Waals surface area (Å²) >= 11 is 0. The maximum absolute atomic E-state index is 10.5. The van der Waals surface area contributed by atoms with Gasteiger partial charge in [0.25, 0.3) is 0 Å². The van der Waals surface area contributed by atoms with Crippen molar-refractivity contribution in [1.82, 2.24) is 0 Å². The molecule has 5 heteroatoms. The van der Waals surface area contributed by atoms with Gasteiger partial charge in [-0.15, -0.1) is 5.46 Å². The average molecular weight is 224 g/mol. The van der Waals surface area contributed by atoms with Gasteiger partial charge in [0.1, 0.15) is 0 Å². The van der Waals surface area contributed by atoms with Crippen LogP contribution in [0.3, 0.4) is 0 Å². The fraction of sp³-hybridized carbons (Fsp3) is 0. The van der Waals surface area contributed by atoms with Gasteiger partial charge in [0.15, 0.2) is 0 Å². The SMILES string of the molecule is C=Cc1ccccc1B([O-])[O-].[K+].[K+]. The van der Waals surface area contributed by atoms with E-state index in [0.717, 1.165) is 0 Å². The van der Waals surface area contributed by atoms with Crippen LogP contribution < -0.4 is 118 Å². The van der Waals surface area contributed by atoms with Crippen LogP contribution in [0.15, 0.2) is 30.8 Å². The summed E-state index contributed by atoms with van der Waals surface area (Å²) in [7, 11) is -1.91. The molecule has 0 amide bonds. The van der Waals surface area contributed by atoms with Gasteiger partial charge in [0.2, 0.25) is 0 Å². The van der Waals surface area contributed by atoms with Crippen molar-refractivity contribution in [1.29, 1.82) is 0 Å². The van der Waals surface area contributed by atoms with Crippen molar-refractivity contribution in [3.8, 4) is 0 Å². The molecule has 0 spiro atoms. The molecule has 1 aromatic carbocycles. The van der Waals surface area contributed by atoms with Gasteiger partial charge in [-0.05, 0) is 5.56 Å². The van der Waals surface area contributed by atoms with Gasteiger partial charge in [-0.25, -0.2) is 0 Å². The fourth-order valence-electron chi connectivity index (χ4n) is 0.911. The van der Waals surface area contributed by atoms with Crippen LogP contribution in [0.25, 0.3) is 6.08 Å². The van der Waals surface area contributed by atoms with Gasteiger partial charge in [0.05, 0.1) is 0 Å². The Kier molecular flexibility index (Phi) is 12.8. The maximum atomic E-state index is 10.5. The molecule has 13 heavy (non-hydrogen) atoms. The third-order valence-electron chi connectivity index (χ3n) is 1.47. The summed E-state index contributed by atoms with van der Waals surface area (Å²) in [5, 5.41) is 21.0. The van der Waals surface area contributed by atoms with Crippen LogP contribution in [0.1, 0.15) is 5.56 Å². The van der Waals surface area contributed by atoms with Gasteiger partial charge < -0.3 is 10.0 Å². The first-order valence-corrected chi connectivity index (χ1v) is 3.28. The smallest absolute Gasteiger partial charge is 0.889 e. The first-order valence-electron chi connectivity index (χ1n) is 3.28. The summed E-state index contributed by atoms with van der Waals surface area (Å²) in [6.07, 6.45) is 1.51. The Labute approximate surface area is 164 Å². The maximum Gasteiger partial charge on any atom is 1.00 e. The average Bonchev–Trinajstić information content (AvgIpc) is 2.04. The third kappa shape index (κ3) is 5.75. The minimum Gasteiger partial charge on any atom is -0.889 e. The predicted octanol–water partition coefficient (Wildman–Crippen LogP) is -7.25. The second-order valence-electron chi connectivity index (χ2n) is 2.16. The number of hydrogen-bond acceptors (Lipinski definition) is 2. The van der Waals surface area contributed by atoms with E-state index in [0.29, 0.717) is 5.56 Å². The molecule has 0 saturated heterocycles. The predicted molar refractivity (Wildman–Crippen MR) is 41.9 cm³/mol. The summed E-state index contributed by atoms with van der Waals surface area (Å²) in [4.78, 5) is 0. The summed E-state index contributed by atoms with van der Waals surface area (Å²) in [5.74, 6) is 0. The van der Waals surface area contributed by atoms with Crippen LogP contribution in [0, 0.1) is 0 Å². The van der Waals surface area contributed by atoms with Crippen LogP contribution in [0.2, 0.25) is 0 Å². The summed E-state index contributed by atoms with van der Waals surface area (Å²) in [5.41, 5.74) is 0.894. The molecule has 0 aliphatic heterocycles. The van der Waals surface area contributed by atoms with Crippen LogP contribution >= 0.6 is 0 Å². The molecule has 1 rings (SSSR count). The van der Waals surface area contributed by atoms with Crippen molar-refractivity contribution in [3.63, 3.8) is 0 Å². The zero-order valence-electron chi connectivity index (χ0n) is 7.99. The number of hydrogen-bond donors (Lipinski definition) is 0. The van der Waals surface area contributed by atoms with E-state index in [4.69, 9.17) is 0 Å². The Balaban J connectivity index is 0. The second-order valence-corrected chi connectivity index (χ2v) is 2.16. The molecule has 0 bridgehead atoms. The molecule has 0 unspecified atom stereocenters. The summed E-state index contributed by atoms with van der Waals surface area (Å²) < 4.78 is 0. The minimum absolute atomic E-state index is 0. The van der Waals surface area contributed by atoms with E-state index in [9.17, 15) is 10.0 Å². The molecule has 0 aromatic heterocycles. The van der Waals surface area contributed by atoms with Crippen molar-refractivity contribution in [3.05, 3.63) is 36.4 Å². The van der Waals surface area contributed by atoms with E-state index in [2.05, 4.69) is 6.58 Å². The van der Waals surface area contributed by atoms with Gasteiger partial charge in [-0.2, -0.15) is 0 Å². The van der Waals surface area contributed by atoms with E-state index in [1.54, 1.807) is 18.2 Å². The number of rotatable bonds is 2. The molecule has 0 heterocycles. The van der Waals surface area contributed by atoms with E-state index < -0.39 is 7.12 Å². The van der Waals surface area contributed by atoms with Crippen molar-refractivity contribution in [2.75, 3.05) is 0 Å². The van der Waals surface area contributed by atoms with Crippen LogP contribution in [-0.4, -0.2) is 7.12 Å². The largest absolute Gasteiger partial charge is 1.00 e. The molecule has 56 valence electrons. The Morgan fingerprint density at radius 1 is 1.15 bits per heavy atom. The molecule has 0 atom stereocenters. The van der Waals surface area contributed by atoms with Crippen LogP contribution in [0.5, 0.6) is 0 Å². The van der Waals surface area contributed by atoms with Gasteiger partial charge in [-0.1, -0.05) is 44.0 Å². The Morgan fingerprint density at radius 3 is 2.08 bits per heavy atom. The molecule has 0 saturated carbocycles.